The maximum atomic E-state index is 13.6. The predicted molar refractivity (Wildman–Crippen MR) is 129 cm³/mol. The molecule has 2 atom stereocenters. The van der Waals surface area contributed by atoms with Crippen molar-refractivity contribution in [2.75, 3.05) is 26.2 Å². The van der Waals surface area contributed by atoms with Crippen LogP contribution in [0.2, 0.25) is 0 Å². The number of nitrogens with zero attached hydrogens (tertiary/aromatic N) is 2. The second kappa shape index (κ2) is 10.3. The van der Waals surface area contributed by atoms with Gasteiger partial charge in [0.05, 0.1) is 6.54 Å². The summed E-state index contributed by atoms with van der Waals surface area (Å²) in [6.45, 7) is 10.1. The van der Waals surface area contributed by atoms with Crippen LogP contribution in [0.3, 0.4) is 0 Å². The summed E-state index contributed by atoms with van der Waals surface area (Å²) in [4.78, 5) is 17.8. The Morgan fingerprint density at radius 1 is 1.06 bits per heavy atom. The van der Waals surface area contributed by atoms with Gasteiger partial charge < -0.3 is 9.32 Å². The smallest absolute Gasteiger partial charge is 0.253 e. The number of hydrogen-bond donors (Lipinski definition) is 0. The molecule has 0 unspecified atom stereocenters. The molecule has 0 radical (unpaired) electrons. The van der Waals surface area contributed by atoms with Gasteiger partial charge in [-0.1, -0.05) is 44.2 Å². The minimum Gasteiger partial charge on any atom is -0.465 e. The summed E-state index contributed by atoms with van der Waals surface area (Å²) in [5.74, 6) is 2.54. The molecule has 1 aliphatic rings. The van der Waals surface area contributed by atoms with E-state index >= 15 is 0 Å². The Bertz CT molecular complexity index is 1050. The van der Waals surface area contributed by atoms with E-state index in [-0.39, 0.29) is 23.6 Å². The van der Waals surface area contributed by atoms with Crippen molar-refractivity contribution in [3.8, 4) is 0 Å². The Labute approximate surface area is 196 Å². The normalized spacial score (nSPS) is 18.7. The zero-order valence-electron chi connectivity index (χ0n) is 19.7. The Morgan fingerprint density at radius 3 is 2.42 bits per heavy atom. The zero-order valence-corrected chi connectivity index (χ0v) is 19.7. The molecule has 2 heterocycles. The molecule has 0 N–H and O–H groups in total. The monoisotopic (exact) mass is 448 g/mol. The van der Waals surface area contributed by atoms with Gasteiger partial charge in [-0.3, -0.25) is 9.69 Å². The van der Waals surface area contributed by atoms with Crippen LogP contribution in [0.5, 0.6) is 0 Å². The van der Waals surface area contributed by atoms with E-state index in [0.717, 1.165) is 42.3 Å². The Kier molecular flexibility index (Phi) is 7.29. The number of likely N-dealkylation sites (tertiary alicyclic amines) is 1. The van der Waals surface area contributed by atoms with Crippen LogP contribution in [0.1, 0.15) is 47.2 Å². The van der Waals surface area contributed by atoms with Crippen molar-refractivity contribution in [2.24, 2.45) is 11.8 Å². The first kappa shape index (κ1) is 23.2. The van der Waals surface area contributed by atoms with E-state index in [4.69, 9.17) is 4.42 Å². The third kappa shape index (κ3) is 5.91. The molecule has 1 amide bonds. The number of rotatable bonds is 8. The molecule has 2 aromatic carbocycles. The van der Waals surface area contributed by atoms with Crippen molar-refractivity contribution in [3.63, 3.8) is 0 Å². The average molecular weight is 449 g/mol. The molecule has 1 fully saturated rings. The molecule has 3 aromatic rings. The summed E-state index contributed by atoms with van der Waals surface area (Å²) < 4.78 is 19.4. The summed E-state index contributed by atoms with van der Waals surface area (Å²) in [5, 5.41) is 0. The SMILES string of the molecule is Cc1ccc(CN2C[C@@H](CN(CC(C)C)C(=O)c3ccccc3)[C@H](c3ccc(F)cc3)C2)o1. The highest BCUT2D eigenvalue weighted by Crippen LogP contribution is 2.35. The summed E-state index contributed by atoms with van der Waals surface area (Å²) in [5.41, 5.74) is 1.84. The molecule has 4 rings (SSSR count). The van der Waals surface area contributed by atoms with Crippen LogP contribution in [-0.4, -0.2) is 41.9 Å². The van der Waals surface area contributed by atoms with Gasteiger partial charge in [0.25, 0.3) is 5.91 Å². The highest BCUT2D eigenvalue weighted by molar-refractivity contribution is 5.94. The van der Waals surface area contributed by atoms with Crippen LogP contribution in [0, 0.1) is 24.6 Å². The van der Waals surface area contributed by atoms with Crippen molar-refractivity contribution < 1.29 is 13.6 Å². The Hall–Kier alpha value is -2.92. The highest BCUT2D eigenvalue weighted by Gasteiger charge is 2.36. The first-order valence-electron chi connectivity index (χ1n) is 11.8. The number of carbonyl (C=O) groups is 1. The average Bonchev–Trinajstić information content (AvgIpc) is 3.39. The molecule has 174 valence electrons. The third-order valence-corrected chi connectivity index (χ3v) is 6.34. The quantitative estimate of drug-likeness (QED) is 0.441. The van der Waals surface area contributed by atoms with Gasteiger partial charge in [-0.2, -0.15) is 0 Å². The van der Waals surface area contributed by atoms with Crippen LogP contribution in [0.15, 0.2) is 71.1 Å². The van der Waals surface area contributed by atoms with Gasteiger partial charge in [0.2, 0.25) is 0 Å². The van der Waals surface area contributed by atoms with Gasteiger partial charge in [-0.15, -0.1) is 0 Å². The summed E-state index contributed by atoms with van der Waals surface area (Å²) in [7, 11) is 0. The number of halogens is 1. The van der Waals surface area contributed by atoms with Crippen molar-refractivity contribution in [1.82, 2.24) is 9.80 Å². The molecule has 0 saturated carbocycles. The lowest BCUT2D eigenvalue weighted by Gasteiger charge is -2.30. The number of furan rings is 1. The largest absolute Gasteiger partial charge is 0.465 e. The molecule has 4 nitrogen and oxygen atoms in total. The van der Waals surface area contributed by atoms with E-state index in [2.05, 4.69) is 18.7 Å². The maximum absolute atomic E-state index is 13.6. The zero-order chi connectivity index (χ0) is 23.4. The fraction of sp³-hybridized carbons (Fsp3) is 0.393. The van der Waals surface area contributed by atoms with E-state index in [1.165, 1.54) is 12.1 Å². The van der Waals surface area contributed by atoms with Crippen molar-refractivity contribution in [3.05, 3.63) is 95.2 Å². The van der Waals surface area contributed by atoms with E-state index < -0.39 is 0 Å². The summed E-state index contributed by atoms with van der Waals surface area (Å²) in [6.07, 6.45) is 0. The molecule has 1 saturated heterocycles. The topological polar surface area (TPSA) is 36.7 Å². The van der Waals surface area contributed by atoms with Crippen LogP contribution in [-0.2, 0) is 6.54 Å². The second-order valence-corrected chi connectivity index (χ2v) is 9.59. The standard InChI is InChI=1S/C28H33FN2O2/c1-20(2)15-31(28(32)23-7-5-4-6-8-23)17-24-16-30(18-26-14-9-21(3)33-26)19-27(24)22-10-12-25(29)13-11-22/h4-14,20,24,27H,15-19H2,1-3H3/t24-,27-/m0/s1. The molecular formula is C28H33FN2O2. The van der Waals surface area contributed by atoms with Gasteiger partial charge in [0, 0.05) is 37.7 Å². The van der Waals surface area contributed by atoms with Crippen LogP contribution < -0.4 is 0 Å². The maximum Gasteiger partial charge on any atom is 0.253 e. The fourth-order valence-electron chi connectivity index (χ4n) is 4.88. The van der Waals surface area contributed by atoms with Gasteiger partial charge in [-0.05, 0) is 60.7 Å². The van der Waals surface area contributed by atoms with Gasteiger partial charge in [-0.25, -0.2) is 4.39 Å². The fourth-order valence-corrected chi connectivity index (χ4v) is 4.88. The number of aryl methyl sites for hydroxylation is 1. The number of benzene rings is 2. The molecule has 33 heavy (non-hydrogen) atoms. The van der Waals surface area contributed by atoms with Crippen molar-refractivity contribution in [1.29, 1.82) is 0 Å². The molecular weight excluding hydrogens is 415 g/mol. The second-order valence-electron chi connectivity index (χ2n) is 9.59. The Balaban J connectivity index is 1.57. The third-order valence-electron chi connectivity index (χ3n) is 6.34. The first-order valence-corrected chi connectivity index (χ1v) is 11.8. The first-order chi connectivity index (χ1) is 15.9. The number of amides is 1. The highest BCUT2D eigenvalue weighted by atomic mass is 19.1. The molecule has 1 aromatic heterocycles. The minimum absolute atomic E-state index is 0.0715. The van der Waals surface area contributed by atoms with Crippen molar-refractivity contribution in [2.45, 2.75) is 33.2 Å². The van der Waals surface area contributed by atoms with Crippen molar-refractivity contribution >= 4 is 5.91 Å². The van der Waals surface area contributed by atoms with E-state index in [1.807, 2.05) is 66.4 Å². The van der Waals surface area contributed by atoms with E-state index in [1.54, 1.807) is 0 Å². The lowest BCUT2D eigenvalue weighted by Crippen LogP contribution is -2.39. The van der Waals surface area contributed by atoms with Crippen LogP contribution >= 0.6 is 0 Å². The van der Waals surface area contributed by atoms with Gasteiger partial charge >= 0.3 is 0 Å². The number of hydrogen-bond acceptors (Lipinski definition) is 3. The minimum atomic E-state index is -0.225. The number of carbonyl (C=O) groups excluding carboxylic acids is 1. The summed E-state index contributed by atoms with van der Waals surface area (Å²) in [6, 6.07) is 20.4. The van der Waals surface area contributed by atoms with E-state index in [9.17, 15) is 9.18 Å². The van der Waals surface area contributed by atoms with Crippen LogP contribution in [0.4, 0.5) is 4.39 Å². The summed E-state index contributed by atoms with van der Waals surface area (Å²) >= 11 is 0. The molecule has 5 heteroatoms. The van der Waals surface area contributed by atoms with E-state index in [0.29, 0.717) is 19.0 Å². The Morgan fingerprint density at radius 2 is 1.79 bits per heavy atom. The predicted octanol–water partition coefficient (Wildman–Crippen LogP) is 5.74. The lowest BCUT2D eigenvalue weighted by atomic mass is 9.88. The molecule has 1 aliphatic heterocycles. The lowest BCUT2D eigenvalue weighted by molar-refractivity contribution is 0.0703. The molecule has 0 spiro atoms. The molecule has 0 aliphatic carbocycles. The molecule has 0 bridgehead atoms. The van der Waals surface area contributed by atoms with Crippen LogP contribution in [0.25, 0.3) is 0 Å². The van der Waals surface area contributed by atoms with Gasteiger partial charge in [0.15, 0.2) is 0 Å². The van der Waals surface area contributed by atoms with Gasteiger partial charge in [0.1, 0.15) is 17.3 Å².